The molecule has 1 amide bonds. The van der Waals surface area contributed by atoms with Crippen molar-refractivity contribution in [1.29, 1.82) is 0 Å². The molecule has 2 atom stereocenters. The molecule has 12 heteroatoms. The van der Waals surface area contributed by atoms with Gasteiger partial charge >= 0.3 is 5.69 Å². The zero-order valence-corrected chi connectivity index (χ0v) is 24.6. The maximum absolute atomic E-state index is 14.4. The van der Waals surface area contributed by atoms with Gasteiger partial charge in [-0.05, 0) is 51.1 Å². The van der Waals surface area contributed by atoms with Gasteiger partial charge in [-0.1, -0.05) is 25.7 Å². The maximum Gasteiger partial charge on any atom is 0.334 e. The Hall–Kier alpha value is -3.22. The van der Waals surface area contributed by atoms with Gasteiger partial charge in [0, 0.05) is 32.7 Å². The molecular formula is C28H36F3N3O5Si. The fourth-order valence-corrected chi connectivity index (χ4v) is 5.07. The van der Waals surface area contributed by atoms with E-state index in [1.165, 1.54) is 32.9 Å². The van der Waals surface area contributed by atoms with Crippen molar-refractivity contribution in [1.82, 2.24) is 14.5 Å². The van der Waals surface area contributed by atoms with Crippen LogP contribution >= 0.6 is 0 Å². The molecule has 2 aromatic carbocycles. The molecule has 0 fully saturated rings. The van der Waals surface area contributed by atoms with Crippen molar-refractivity contribution in [3.63, 3.8) is 0 Å². The Morgan fingerprint density at radius 2 is 1.70 bits per heavy atom. The lowest BCUT2D eigenvalue weighted by Crippen LogP contribution is -2.49. The fraction of sp³-hybridized carbons (Fsp3) is 0.464. The van der Waals surface area contributed by atoms with Gasteiger partial charge < -0.3 is 15.2 Å². The summed E-state index contributed by atoms with van der Waals surface area (Å²) >= 11 is 0. The first-order valence-corrected chi connectivity index (χ1v) is 16.7. The Labute approximate surface area is 231 Å². The summed E-state index contributed by atoms with van der Waals surface area (Å²) in [5, 5.41) is 13.0. The lowest BCUT2D eigenvalue weighted by Gasteiger charge is -2.28. The van der Waals surface area contributed by atoms with Crippen LogP contribution in [0.4, 0.5) is 13.2 Å². The Bertz CT molecular complexity index is 1510. The van der Waals surface area contributed by atoms with Crippen LogP contribution in [0.3, 0.4) is 0 Å². The SMILES string of the molecule is C[C@@H](NC(=O)C(CC(C)(C)O)n1c(=O)c2cc(F)ccc2n(COCC[Si](C)(C)C)c1=O)c1ccc(F)cc1F. The van der Waals surface area contributed by atoms with Crippen molar-refractivity contribution in [2.45, 2.75) is 77.3 Å². The van der Waals surface area contributed by atoms with Gasteiger partial charge in [-0.15, -0.1) is 0 Å². The molecule has 1 heterocycles. The van der Waals surface area contributed by atoms with Crippen LogP contribution in [0.25, 0.3) is 10.9 Å². The molecule has 0 aliphatic heterocycles. The number of carbonyl (C=O) groups is 1. The predicted molar refractivity (Wildman–Crippen MR) is 149 cm³/mol. The minimum atomic E-state index is -1.55. The number of aromatic nitrogens is 2. The van der Waals surface area contributed by atoms with Crippen LogP contribution in [-0.2, 0) is 16.3 Å². The van der Waals surface area contributed by atoms with Gasteiger partial charge in [-0.2, -0.15) is 0 Å². The van der Waals surface area contributed by atoms with Crippen molar-refractivity contribution in [2.75, 3.05) is 6.61 Å². The van der Waals surface area contributed by atoms with E-state index in [0.29, 0.717) is 17.2 Å². The summed E-state index contributed by atoms with van der Waals surface area (Å²) in [6.07, 6.45) is -0.371. The van der Waals surface area contributed by atoms with Gasteiger partial charge in [-0.3, -0.25) is 14.2 Å². The zero-order chi connectivity index (χ0) is 30.0. The van der Waals surface area contributed by atoms with E-state index in [0.717, 1.165) is 28.8 Å². The maximum atomic E-state index is 14.4. The molecule has 0 saturated heterocycles. The van der Waals surface area contributed by atoms with Gasteiger partial charge in [0.05, 0.1) is 22.5 Å². The molecule has 1 aromatic heterocycles. The number of hydrogen-bond donors (Lipinski definition) is 2. The standard InChI is InChI=1S/C28H36F3N3O5Si/c1-17(20-9-7-19(30)14-22(20)31)32-25(35)24(15-28(2,3)38)34-26(36)21-13-18(29)8-10-23(21)33(27(34)37)16-39-11-12-40(4,5)6/h7-10,13-14,17,24,38H,11-12,15-16H2,1-6H3,(H,32,35)/t17-,24?/m1/s1. The highest BCUT2D eigenvalue weighted by molar-refractivity contribution is 6.76. The number of aliphatic hydroxyl groups is 1. The second-order valence-corrected chi connectivity index (χ2v) is 17.4. The third kappa shape index (κ3) is 7.70. The van der Waals surface area contributed by atoms with Crippen molar-refractivity contribution >= 4 is 24.9 Å². The summed E-state index contributed by atoms with van der Waals surface area (Å²) in [4.78, 5) is 40.9. The lowest BCUT2D eigenvalue weighted by molar-refractivity contribution is -0.127. The Kier molecular flexibility index (Phi) is 9.48. The first kappa shape index (κ1) is 31.3. The molecule has 1 unspecified atom stereocenters. The number of amides is 1. The Morgan fingerprint density at radius 3 is 2.30 bits per heavy atom. The molecule has 8 nitrogen and oxygen atoms in total. The highest BCUT2D eigenvalue weighted by Crippen LogP contribution is 2.23. The number of rotatable bonds is 11. The first-order valence-electron chi connectivity index (χ1n) is 13.0. The summed E-state index contributed by atoms with van der Waals surface area (Å²) in [6.45, 7) is 10.9. The van der Waals surface area contributed by atoms with Crippen LogP contribution in [0.15, 0.2) is 46.0 Å². The number of carbonyl (C=O) groups excluding carboxylic acids is 1. The minimum absolute atomic E-state index is 0.0158. The molecule has 0 aliphatic carbocycles. The lowest BCUT2D eigenvalue weighted by atomic mass is 9.97. The summed E-state index contributed by atoms with van der Waals surface area (Å²) in [5.41, 5.74) is -3.22. The average molecular weight is 580 g/mol. The molecule has 0 radical (unpaired) electrons. The van der Waals surface area contributed by atoms with Crippen LogP contribution in [0.5, 0.6) is 0 Å². The summed E-state index contributed by atoms with van der Waals surface area (Å²) in [6, 6.07) is 4.57. The molecule has 218 valence electrons. The number of hydrogen-bond acceptors (Lipinski definition) is 5. The smallest absolute Gasteiger partial charge is 0.334 e. The fourth-order valence-electron chi connectivity index (χ4n) is 4.31. The summed E-state index contributed by atoms with van der Waals surface area (Å²) < 4.78 is 49.6. The highest BCUT2D eigenvalue weighted by Gasteiger charge is 2.33. The van der Waals surface area contributed by atoms with Crippen LogP contribution in [0.2, 0.25) is 25.7 Å². The van der Waals surface area contributed by atoms with Gasteiger partial charge in [-0.25, -0.2) is 22.5 Å². The predicted octanol–water partition coefficient (Wildman–Crippen LogP) is 4.47. The third-order valence-corrected chi connectivity index (χ3v) is 8.15. The van der Waals surface area contributed by atoms with Gasteiger partial charge in [0.25, 0.3) is 5.56 Å². The quantitative estimate of drug-likeness (QED) is 0.258. The van der Waals surface area contributed by atoms with Crippen molar-refractivity contribution in [3.05, 3.63) is 80.3 Å². The molecule has 2 N–H and O–H groups in total. The van der Waals surface area contributed by atoms with Crippen LogP contribution in [0.1, 0.15) is 44.8 Å². The zero-order valence-electron chi connectivity index (χ0n) is 23.6. The van der Waals surface area contributed by atoms with E-state index in [2.05, 4.69) is 25.0 Å². The third-order valence-electron chi connectivity index (χ3n) is 6.45. The molecule has 0 aliphatic rings. The van der Waals surface area contributed by atoms with Crippen LogP contribution < -0.4 is 16.6 Å². The molecule has 0 bridgehead atoms. The summed E-state index contributed by atoms with van der Waals surface area (Å²) in [5.74, 6) is -3.25. The normalized spacial score (nSPS) is 13.8. The first-order chi connectivity index (χ1) is 18.5. The highest BCUT2D eigenvalue weighted by atomic mass is 28.3. The topological polar surface area (TPSA) is 103 Å². The van der Waals surface area contributed by atoms with Crippen molar-refractivity contribution in [3.8, 4) is 0 Å². The Morgan fingerprint density at radius 1 is 1.07 bits per heavy atom. The van der Waals surface area contributed by atoms with Crippen molar-refractivity contribution < 1.29 is 27.8 Å². The van der Waals surface area contributed by atoms with Crippen molar-refractivity contribution in [2.24, 2.45) is 0 Å². The number of ether oxygens (including phenoxy) is 1. The number of nitrogens with zero attached hydrogens (tertiary/aromatic N) is 2. The largest absolute Gasteiger partial charge is 0.390 e. The molecule has 40 heavy (non-hydrogen) atoms. The van der Waals surface area contributed by atoms with E-state index in [4.69, 9.17) is 4.74 Å². The minimum Gasteiger partial charge on any atom is -0.390 e. The second kappa shape index (κ2) is 12.1. The number of nitrogens with one attached hydrogen (secondary N) is 1. The molecular weight excluding hydrogens is 543 g/mol. The van der Waals surface area contributed by atoms with Crippen LogP contribution in [-0.4, -0.2) is 40.4 Å². The van der Waals surface area contributed by atoms with E-state index in [1.54, 1.807) is 0 Å². The number of benzene rings is 2. The number of halogens is 3. The monoisotopic (exact) mass is 579 g/mol. The van der Waals surface area contributed by atoms with E-state index in [9.17, 15) is 32.7 Å². The number of fused-ring (bicyclic) bond motifs is 1. The van der Waals surface area contributed by atoms with Gasteiger partial charge in [0.15, 0.2) is 0 Å². The van der Waals surface area contributed by atoms with E-state index >= 15 is 0 Å². The Balaban J connectivity index is 2.11. The summed E-state index contributed by atoms with van der Waals surface area (Å²) in [7, 11) is -1.45. The second-order valence-electron chi connectivity index (χ2n) is 11.8. The van der Waals surface area contributed by atoms with Gasteiger partial charge in [0.1, 0.15) is 30.2 Å². The molecule has 3 rings (SSSR count). The molecule has 3 aromatic rings. The van der Waals surface area contributed by atoms with E-state index < -0.39 is 60.4 Å². The van der Waals surface area contributed by atoms with Crippen LogP contribution in [0, 0.1) is 17.5 Å². The average Bonchev–Trinajstić information content (AvgIpc) is 2.81. The van der Waals surface area contributed by atoms with E-state index in [-0.39, 0.29) is 29.6 Å². The molecule has 0 saturated carbocycles. The van der Waals surface area contributed by atoms with Gasteiger partial charge in [0.2, 0.25) is 5.91 Å². The molecule has 0 spiro atoms. The van der Waals surface area contributed by atoms with E-state index in [1.807, 2.05) is 0 Å².